The summed E-state index contributed by atoms with van der Waals surface area (Å²) in [6, 6.07) is 7.28. The van der Waals surface area contributed by atoms with Crippen LogP contribution in [0.3, 0.4) is 0 Å². The average molecular weight is 670 g/mol. The largest absolute Gasteiger partial charge is 0.338 e. The number of rotatable bonds is 5. The number of piperazine rings is 1. The predicted octanol–water partition coefficient (Wildman–Crippen LogP) is 5.74. The molecule has 4 aliphatic rings. The van der Waals surface area contributed by atoms with Crippen molar-refractivity contribution < 1.29 is 14.4 Å². The van der Waals surface area contributed by atoms with Crippen LogP contribution in [0.4, 0.5) is 0 Å². The van der Waals surface area contributed by atoms with E-state index in [4.69, 9.17) is 11.6 Å². The summed E-state index contributed by atoms with van der Waals surface area (Å²) in [4.78, 5) is 54.4. The zero-order chi connectivity index (χ0) is 34.5. The van der Waals surface area contributed by atoms with Gasteiger partial charge in [-0.1, -0.05) is 58.4 Å². The Morgan fingerprint density at radius 3 is 1.98 bits per heavy atom. The number of hydrogen-bond acceptors (Lipinski definition) is 5. The predicted molar refractivity (Wildman–Crippen MR) is 189 cm³/mol. The highest BCUT2D eigenvalue weighted by Crippen LogP contribution is 2.42. The van der Waals surface area contributed by atoms with Gasteiger partial charge < -0.3 is 19.6 Å². The van der Waals surface area contributed by atoms with Crippen LogP contribution in [0.25, 0.3) is 0 Å². The van der Waals surface area contributed by atoms with Crippen LogP contribution >= 0.6 is 11.6 Å². The monoisotopic (exact) mass is 669 g/mol. The third-order valence-electron chi connectivity index (χ3n) is 11.5. The summed E-state index contributed by atoms with van der Waals surface area (Å²) < 4.78 is 0. The van der Waals surface area contributed by atoms with Crippen molar-refractivity contribution in [2.75, 3.05) is 52.9 Å². The van der Waals surface area contributed by atoms with E-state index in [2.05, 4.69) is 56.4 Å². The zero-order valence-electron chi connectivity index (χ0n) is 30.5. The molecule has 3 heterocycles. The summed E-state index contributed by atoms with van der Waals surface area (Å²) in [6.45, 7) is 22.0. The molecule has 0 spiro atoms. The Hall–Kier alpha value is -2.16. The maximum absolute atomic E-state index is 15.0. The van der Waals surface area contributed by atoms with Gasteiger partial charge >= 0.3 is 0 Å². The van der Waals surface area contributed by atoms with Crippen molar-refractivity contribution in [2.24, 2.45) is 16.7 Å². The van der Waals surface area contributed by atoms with Crippen molar-refractivity contribution in [3.63, 3.8) is 0 Å². The second kappa shape index (κ2) is 13.6. The van der Waals surface area contributed by atoms with Gasteiger partial charge in [-0.25, -0.2) is 0 Å². The van der Waals surface area contributed by atoms with E-state index in [1.54, 1.807) is 0 Å². The lowest BCUT2D eigenvalue weighted by Gasteiger charge is -2.45. The molecule has 8 nitrogen and oxygen atoms in total. The topological polar surface area (TPSA) is 67.4 Å². The van der Waals surface area contributed by atoms with Crippen LogP contribution in [0, 0.1) is 16.7 Å². The van der Waals surface area contributed by atoms with E-state index in [9.17, 15) is 9.59 Å². The first kappa shape index (κ1) is 36.1. The Balaban J connectivity index is 1.49. The van der Waals surface area contributed by atoms with Gasteiger partial charge in [0.05, 0.1) is 12.0 Å². The molecule has 9 heteroatoms. The molecule has 3 saturated heterocycles. The van der Waals surface area contributed by atoms with Crippen LogP contribution in [-0.2, 0) is 14.4 Å². The minimum atomic E-state index is -0.569. The third kappa shape index (κ3) is 8.02. The Kier molecular flexibility index (Phi) is 10.5. The van der Waals surface area contributed by atoms with Crippen molar-refractivity contribution in [3.05, 3.63) is 34.9 Å². The molecule has 1 aliphatic carbocycles. The Morgan fingerprint density at radius 2 is 1.43 bits per heavy atom. The Labute approximate surface area is 289 Å². The molecular weight excluding hydrogens is 610 g/mol. The first-order chi connectivity index (χ1) is 21.9. The van der Waals surface area contributed by atoms with Gasteiger partial charge in [-0.15, -0.1) is 0 Å². The maximum Gasteiger partial charge on any atom is 0.245 e. The molecule has 0 aromatic heterocycles. The number of carbonyl (C=O) groups is 3. The van der Waals surface area contributed by atoms with Crippen LogP contribution in [-0.4, -0.2) is 119 Å². The lowest BCUT2D eigenvalue weighted by Crippen LogP contribution is -2.54. The third-order valence-corrected chi connectivity index (χ3v) is 11.8. The number of likely N-dealkylation sites (N-methyl/N-ethyl adjacent to an activating group) is 1. The molecule has 1 aromatic rings. The van der Waals surface area contributed by atoms with Gasteiger partial charge in [0.15, 0.2) is 0 Å². The normalized spacial score (nSPS) is 28.1. The number of carbonyl (C=O) groups excluding carboxylic acids is 3. The van der Waals surface area contributed by atoms with E-state index in [1.165, 1.54) is 0 Å². The Morgan fingerprint density at radius 1 is 0.830 bits per heavy atom. The van der Waals surface area contributed by atoms with Gasteiger partial charge in [0.1, 0.15) is 6.04 Å². The van der Waals surface area contributed by atoms with Crippen LogP contribution in [0.2, 0.25) is 5.02 Å². The molecule has 5 rings (SSSR count). The smallest absolute Gasteiger partial charge is 0.245 e. The minimum absolute atomic E-state index is 0.00897. The van der Waals surface area contributed by atoms with Crippen LogP contribution in [0.1, 0.15) is 99.0 Å². The second-order valence-electron chi connectivity index (χ2n) is 17.7. The Bertz CT molecular complexity index is 1280. The van der Waals surface area contributed by atoms with Crippen molar-refractivity contribution in [2.45, 2.75) is 117 Å². The van der Waals surface area contributed by atoms with Gasteiger partial charge in [0, 0.05) is 73.7 Å². The van der Waals surface area contributed by atoms with E-state index < -0.39 is 11.5 Å². The molecular formula is C38H60ClN5O3. The molecule has 1 saturated carbocycles. The minimum Gasteiger partial charge on any atom is -0.338 e. The average Bonchev–Trinajstić information content (AvgIpc) is 3.64. The van der Waals surface area contributed by atoms with Gasteiger partial charge in [-0.3, -0.25) is 19.3 Å². The van der Waals surface area contributed by atoms with Gasteiger partial charge in [0.2, 0.25) is 17.7 Å². The van der Waals surface area contributed by atoms with E-state index in [1.807, 2.05) is 54.8 Å². The number of halogens is 1. The molecule has 262 valence electrons. The molecule has 1 aromatic carbocycles. The molecule has 3 amide bonds. The van der Waals surface area contributed by atoms with E-state index in [0.717, 1.165) is 50.9 Å². The molecule has 0 radical (unpaired) electrons. The number of hydrogen-bond donors (Lipinski definition) is 0. The fourth-order valence-corrected chi connectivity index (χ4v) is 8.40. The summed E-state index contributed by atoms with van der Waals surface area (Å²) in [5.74, 6) is -0.0918. The van der Waals surface area contributed by atoms with Gasteiger partial charge in [-0.2, -0.15) is 0 Å². The fourth-order valence-electron chi connectivity index (χ4n) is 8.27. The molecule has 0 N–H and O–H groups in total. The molecule has 4 atom stereocenters. The van der Waals surface area contributed by atoms with Crippen LogP contribution < -0.4 is 0 Å². The lowest BCUT2D eigenvalue weighted by molar-refractivity contribution is -0.147. The summed E-state index contributed by atoms with van der Waals surface area (Å²) in [6.07, 6.45) is 4.55. The number of nitrogens with zero attached hydrogens (tertiary/aromatic N) is 5. The lowest BCUT2D eigenvalue weighted by atomic mass is 9.74. The number of likely N-dealkylation sites (tertiary alicyclic amines) is 2. The molecule has 47 heavy (non-hydrogen) atoms. The molecule has 3 aliphatic heterocycles. The number of amides is 3. The van der Waals surface area contributed by atoms with Crippen LogP contribution in [0.5, 0.6) is 0 Å². The van der Waals surface area contributed by atoms with Gasteiger partial charge in [0.25, 0.3) is 0 Å². The highest BCUT2D eigenvalue weighted by atomic mass is 35.5. The van der Waals surface area contributed by atoms with E-state index >= 15 is 4.79 Å². The maximum atomic E-state index is 15.0. The first-order valence-electron chi connectivity index (χ1n) is 18.0. The molecule has 0 bridgehead atoms. The summed E-state index contributed by atoms with van der Waals surface area (Å²) in [7, 11) is 2.09. The highest BCUT2D eigenvalue weighted by Gasteiger charge is 2.51. The first-order valence-corrected chi connectivity index (χ1v) is 18.3. The standard InChI is InChI=1S/C38H60ClN5O3/c1-36(2,3)35(47)44(28-14-16-38(7,8)17-15-28)29-22-32(34(46)41-20-18-40(9)19-21-41)43(23-29)33(45)31-25-42(37(4,5)6)24-30(31)26-10-12-27(39)13-11-26/h10-13,28-32H,14-25H2,1-9H3/t29?,30-,31+,32-/m0/s1. The summed E-state index contributed by atoms with van der Waals surface area (Å²) >= 11 is 6.28. The van der Waals surface area contributed by atoms with E-state index in [-0.39, 0.29) is 52.6 Å². The van der Waals surface area contributed by atoms with E-state index in [0.29, 0.717) is 37.6 Å². The molecule has 4 fully saturated rings. The van der Waals surface area contributed by atoms with Crippen molar-refractivity contribution >= 4 is 29.3 Å². The fraction of sp³-hybridized carbons (Fsp3) is 0.763. The zero-order valence-corrected chi connectivity index (χ0v) is 31.3. The summed E-state index contributed by atoms with van der Waals surface area (Å²) in [5.41, 5.74) is 0.710. The number of benzene rings is 1. The highest BCUT2D eigenvalue weighted by molar-refractivity contribution is 6.30. The molecule has 1 unspecified atom stereocenters. The van der Waals surface area contributed by atoms with Crippen molar-refractivity contribution in [3.8, 4) is 0 Å². The van der Waals surface area contributed by atoms with Crippen molar-refractivity contribution in [1.82, 2.24) is 24.5 Å². The quantitative estimate of drug-likeness (QED) is 0.400. The second-order valence-corrected chi connectivity index (χ2v) is 18.2. The van der Waals surface area contributed by atoms with Gasteiger partial charge in [-0.05, 0) is 83.0 Å². The van der Waals surface area contributed by atoms with Crippen LogP contribution in [0.15, 0.2) is 24.3 Å². The van der Waals surface area contributed by atoms with Crippen molar-refractivity contribution in [1.29, 1.82) is 0 Å². The summed E-state index contributed by atoms with van der Waals surface area (Å²) in [5, 5.41) is 0.678. The SMILES string of the molecule is CN1CCN(C(=O)[C@@H]2CC(N(C(=O)C(C)(C)C)C3CCC(C)(C)CC3)CN2C(=O)[C@@H]2CN(C(C)(C)C)C[C@H]2c2ccc(Cl)cc2)CC1.